The average Bonchev–Trinajstić information content (AvgIpc) is 3.23. The van der Waals surface area contributed by atoms with Gasteiger partial charge in [0.1, 0.15) is 17.0 Å². The Morgan fingerprint density at radius 3 is 2.70 bits per heavy atom. The van der Waals surface area contributed by atoms with Crippen molar-refractivity contribution in [3.63, 3.8) is 0 Å². The molecule has 1 saturated carbocycles. The maximum Gasteiger partial charge on any atom is 0.436 e. The standard InChI is InChI=1S/C19H14F2N4O2/c1-9-10-6-7-19(9,17-24-25(2)18(26)27-17)16-11(10)8-14(22-23-16)15-12(20)4-3-5-13(15)21/h3-5,8,10H,1,6-7H2,2H3/t10-,19-/m0/s1. The average molecular weight is 368 g/mol. The zero-order valence-electron chi connectivity index (χ0n) is 14.4. The van der Waals surface area contributed by atoms with Crippen LogP contribution < -0.4 is 5.76 Å². The first-order valence-electron chi connectivity index (χ1n) is 8.50. The Bertz CT molecular complexity index is 1160. The summed E-state index contributed by atoms with van der Waals surface area (Å²) in [5, 5.41) is 12.6. The highest BCUT2D eigenvalue weighted by Gasteiger charge is 2.58. The van der Waals surface area contributed by atoms with Crippen LogP contribution in [0.3, 0.4) is 0 Å². The number of hydrogen-bond acceptors (Lipinski definition) is 5. The molecule has 6 nitrogen and oxygen atoms in total. The number of hydrogen-bond donors (Lipinski definition) is 0. The molecule has 2 heterocycles. The second-order valence-corrected chi connectivity index (χ2v) is 6.95. The van der Waals surface area contributed by atoms with Gasteiger partial charge in [-0.3, -0.25) is 0 Å². The lowest BCUT2D eigenvalue weighted by Gasteiger charge is -2.23. The van der Waals surface area contributed by atoms with E-state index in [1.807, 2.05) is 0 Å². The maximum absolute atomic E-state index is 14.2. The van der Waals surface area contributed by atoms with E-state index in [1.165, 1.54) is 25.2 Å². The first-order valence-corrected chi connectivity index (χ1v) is 8.50. The quantitative estimate of drug-likeness (QED) is 0.651. The summed E-state index contributed by atoms with van der Waals surface area (Å²) in [6, 6.07) is 5.32. The lowest BCUT2D eigenvalue weighted by molar-refractivity contribution is 0.384. The summed E-state index contributed by atoms with van der Waals surface area (Å²) in [5.74, 6) is -1.77. The van der Waals surface area contributed by atoms with Gasteiger partial charge in [-0.05, 0) is 42.2 Å². The molecular weight excluding hydrogens is 354 g/mol. The zero-order valence-corrected chi connectivity index (χ0v) is 14.4. The number of benzene rings is 1. The normalized spacial score (nSPS) is 23.1. The van der Waals surface area contributed by atoms with Gasteiger partial charge in [-0.1, -0.05) is 12.6 Å². The van der Waals surface area contributed by atoms with Crippen LogP contribution in [0.5, 0.6) is 0 Å². The van der Waals surface area contributed by atoms with Gasteiger partial charge < -0.3 is 4.42 Å². The minimum atomic E-state index is -0.820. The maximum atomic E-state index is 14.2. The highest BCUT2D eigenvalue weighted by Crippen LogP contribution is 2.61. The summed E-state index contributed by atoms with van der Waals surface area (Å²) >= 11 is 0. The van der Waals surface area contributed by atoms with Crippen molar-refractivity contribution in [2.75, 3.05) is 0 Å². The van der Waals surface area contributed by atoms with E-state index in [0.717, 1.165) is 22.2 Å². The summed E-state index contributed by atoms with van der Waals surface area (Å²) in [5.41, 5.74) is 1.31. The van der Waals surface area contributed by atoms with Crippen LogP contribution in [0.2, 0.25) is 0 Å². The van der Waals surface area contributed by atoms with Gasteiger partial charge in [0.15, 0.2) is 0 Å². The van der Waals surface area contributed by atoms with Crippen molar-refractivity contribution >= 4 is 0 Å². The van der Waals surface area contributed by atoms with E-state index in [-0.39, 0.29) is 23.1 Å². The van der Waals surface area contributed by atoms with Gasteiger partial charge in [-0.2, -0.15) is 9.78 Å². The fraction of sp³-hybridized carbons (Fsp3) is 0.263. The highest BCUT2D eigenvalue weighted by atomic mass is 19.1. The summed E-state index contributed by atoms with van der Waals surface area (Å²) in [6.07, 6.45) is 1.41. The van der Waals surface area contributed by atoms with Crippen LogP contribution in [-0.2, 0) is 12.5 Å². The number of nitrogens with zero attached hydrogens (tertiary/aromatic N) is 4. The van der Waals surface area contributed by atoms with Crippen LogP contribution in [-0.4, -0.2) is 20.0 Å². The second-order valence-electron chi connectivity index (χ2n) is 6.95. The lowest BCUT2D eigenvalue weighted by atomic mass is 9.81. The topological polar surface area (TPSA) is 73.8 Å². The molecule has 3 aromatic rings. The molecule has 0 amide bonds. The first kappa shape index (κ1) is 16.0. The SMILES string of the molecule is C=C1[C@@H]2CC[C@@]1(c1nn(C)c(=O)o1)c1nnc(-c3c(F)cccc3F)cc12. The van der Waals surface area contributed by atoms with E-state index in [9.17, 15) is 13.6 Å². The van der Waals surface area contributed by atoms with Gasteiger partial charge in [0.05, 0.1) is 17.0 Å². The van der Waals surface area contributed by atoms with Crippen molar-refractivity contribution in [3.05, 3.63) is 75.8 Å². The number of halogens is 2. The van der Waals surface area contributed by atoms with E-state index < -0.39 is 22.8 Å². The van der Waals surface area contributed by atoms with Crippen LogP contribution in [0.25, 0.3) is 11.3 Å². The Morgan fingerprint density at radius 2 is 2.04 bits per heavy atom. The van der Waals surface area contributed by atoms with Crippen LogP contribution >= 0.6 is 0 Å². The third kappa shape index (κ3) is 1.92. The molecule has 0 spiro atoms. The molecule has 0 aliphatic heterocycles. The van der Waals surface area contributed by atoms with E-state index in [1.54, 1.807) is 6.07 Å². The molecule has 27 heavy (non-hydrogen) atoms. The number of aryl methyl sites for hydroxylation is 1. The van der Waals surface area contributed by atoms with E-state index in [4.69, 9.17) is 4.42 Å². The molecule has 0 N–H and O–H groups in total. The van der Waals surface area contributed by atoms with Gasteiger partial charge in [0.2, 0.25) is 5.89 Å². The van der Waals surface area contributed by atoms with Crippen molar-refractivity contribution in [3.8, 4) is 11.3 Å². The third-order valence-corrected chi connectivity index (χ3v) is 5.65. The van der Waals surface area contributed by atoms with Crippen LogP contribution in [0.15, 0.2) is 45.6 Å². The van der Waals surface area contributed by atoms with Gasteiger partial charge in [0, 0.05) is 13.0 Å². The molecule has 136 valence electrons. The van der Waals surface area contributed by atoms with E-state index in [0.29, 0.717) is 12.1 Å². The van der Waals surface area contributed by atoms with Gasteiger partial charge >= 0.3 is 5.76 Å². The molecule has 8 heteroatoms. The van der Waals surface area contributed by atoms with Crippen molar-refractivity contribution in [2.24, 2.45) is 7.05 Å². The summed E-state index contributed by atoms with van der Waals surface area (Å²) in [4.78, 5) is 11.8. The highest BCUT2D eigenvalue weighted by molar-refractivity contribution is 5.66. The largest absolute Gasteiger partial charge is 0.436 e. The molecule has 0 radical (unpaired) electrons. The minimum Gasteiger partial charge on any atom is -0.391 e. The molecule has 5 rings (SSSR count). The Morgan fingerprint density at radius 1 is 1.30 bits per heavy atom. The molecule has 2 atom stereocenters. The predicted octanol–water partition coefficient (Wildman–Crippen LogP) is 2.84. The zero-order chi connectivity index (χ0) is 18.9. The summed E-state index contributed by atoms with van der Waals surface area (Å²) in [7, 11) is 1.51. The molecule has 0 saturated heterocycles. The van der Waals surface area contributed by atoms with Crippen LogP contribution in [0.1, 0.15) is 35.9 Å². The molecule has 2 aromatic heterocycles. The Labute approximate surface area is 152 Å². The monoisotopic (exact) mass is 368 g/mol. The summed E-state index contributed by atoms with van der Waals surface area (Å²) < 4.78 is 34.8. The van der Waals surface area contributed by atoms with Gasteiger partial charge in [-0.15, -0.1) is 10.2 Å². The van der Waals surface area contributed by atoms with Crippen molar-refractivity contribution in [1.29, 1.82) is 0 Å². The lowest BCUT2D eigenvalue weighted by Crippen LogP contribution is -2.27. The molecule has 2 aliphatic carbocycles. The Balaban J connectivity index is 1.72. The van der Waals surface area contributed by atoms with Crippen molar-refractivity contribution < 1.29 is 13.2 Å². The van der Waals surface area contributed by atoms with Gasteiger partial charge in [-0.25, -0.2) is 13.6 Å². The second kappa shape index (κ2) is 5.18. The van der Waals surface area contributed by atoms with Crippen LogP contribution in [0.4, 0.5) is 8.78 Å². The first-order chi connectivity index (χ1) is 12.9. The molecular formula is C19H14F2N4O2. The number of fused-ring (bicyclic) bond motifs is 5. The summed E-state index contributed by atoms with van der Waals surface area (Å²) in [6.45, 7) is 4.19. The number of rotatable bonds is 2. The molecule has 2 bridgehead atoms. The Hall–Kier alpha value is -3.16. The molecule has 1 aromatic carbocycles. The third-order valence-electron chi connectivity index (χ3n) is 5.65. The Kier molecular flexibility index (Phi) is 3.08. The van der Waals surface area contributed by atoms with Crippen molar-refractivity contribution in [1.82, 2.24) is 20.0 Å². The number of aromatic nitrogens is 4. The van der Waals surface area contributed by atoms with Crippen LogP contribution in [0, 0.1) is 11.6 Å². The molecule has 0 unspecified atom stereocenters. The van der Waals surface area contributed by atoms with E-state index >= 15 is 0 Å². The fourth-order valence-corrected chi connectivity index (χ4v) is 4.34. The number of allylic oxidation sites excluding steroid dienone is 1. The van der Waals surface area contributed by atoms with E-state index in [2.05, 4.69) is 21.9 Å². The fourth-order valence-electron chi connectivity index (χ4n) is 4.34. The molecule has 2 aliphatic rings. The smallest absolute Gasteiger partial charge is 0.391 e. The predicted molar refractivity (Wildman–Crippen MR) is 91.0 cm³/mol. The minimum absolute atomic E-state index is 0.0450. The molecule has 1 fully saturated rings. The van der Waals surface area contributed by atoms with Crippen molar-refractivity contribution in [2.45, 2.75) is 24.2 Å². The van der Waals surface area contributed by atoms with Gasteiger partial charge in [0.25, 0.3) is 0 Å².